The van der Waals surface area contributed by atoms with Crippen molar-refractivity contribution in [2.45, 2.75) is 39.0 Å². The van der Waals surface area contributed by atoms with Crippen LogP contribution in [-0.4, -0.2) is 22.6 Å². The second-order valence-electron chi connectivity index (χ2n) is 4.51. The lowest BCUT2D eigenvalue weighted by atomic mass is 10.1. The van der Waals surface area contributed by atoms with Gasteiger partial charge in [0.05, 0.1) is 17.6 Å². The second kappa shape index (κ2) is 8.14. The van der Waals surface area contributed by atoms with Gasteiger partial charge >= 0.3 is 5.97 Å². The molecular formula is C14H19NO5. The molecule has 6 heteroatoms. The number of non-ortho nitro benzene ring substituents is 1. The van der Waals surface area contributed by atoms with Gasteiger partial charge in [0.2, 0.25) is 0 Å². The second-order valence-corrected chi connectivity index (χ2v) is 4.51. The maximum absolute atomic E-state index is 11.0. The van der Waals surface area contributed by atoms with Gasteiger partial charge in [-0.15, -0.1) is 0 Å². The minimum atomic E-state index is -1.15. The number of benzene rings is 1. The number of carboxylic acid groups (broad SMARTS) is 1. The monoisotopic (exact) mass is 281 g/mol. The molecule has 0 aromatic heterocycles. The van der Waals surface area contributed by atoms with Crippen LogP contribution in [0.3, 0.4) is 0 Å². The molecule has 0 radical (unpaired) electrons. The fourth-order valence-corrected chi connectivity index (χ4v) is 1.81. The average molecular weight is 281 g/mol. The molecule has 0 atom stereocenters. The first-order chi connectivity index (χ1) is 9.56. The highest BCUT2D eigenvalue weighted by Gasteiger charge is 2.16. The number of carbonyl (C=O) groups is 1. The fraction of sp³-hybridized carbons (Fsp3) is 0.500. The van der Waals surface area contributed by atoms with Gasteiger partial charge in [0.1, 0.15) is 11.3 Å². The van der Waals surface area contributed by atoms with Crippen LogP contribution in [0.1, 0.15) is 49.4 Å². The van der Waals surface area contributed by atoms with Gasteiger partial charge in [0.25, 0.3) is 5.69 Å². The number of ether oxygens (including phenoxy) is 1. The summed E-state index contributed by atoms with van der Waals surface area (Å²) in [5, 5.41) is 19.7. The first-order valence-corrected chi connectivity index (χ1v) is 6.70. The first kappa shape index (κ1) is 15.9. The topological polar surface area (TPSA) is 89.7 Å². The van der Waals surface area contributed by atoms with Gasteiger partial charge in [0.15, 0.2) is 0 Å². The van der Waals surface area contributed by atoms with Gasteiger partial charge in [-0.25, -0.2) is 4.79 Å². The van der Waals surface area contributed by atoms with E-state index in [9.17, 15) is 14.9 Å². The highest BCUT2D eigenvalue weighted by atomic mass is 16.6. The summed E-state index contributed by atoms with van der Waals surface area (Å²) in [4.78, 5) is 21.1. The Hall–Kier alpha value is -2.11. The van der Waals surface area contributed by atoms with E-state index in [4.69, 9.17) is 9.84 Å². The Morgan fingerprint density at radius 2 is 2.00 bits per heavy atom. The molecule has 0 heterocycles. The Morgan fingerprint density at radius 3 is 2.60 bits per heavy atom. The zero-order valence-electron chi connectivity index (χ0n) is 11.5. The standard InChI is InChI=1S/C14H19NO5/c1-2-3-4-5-6-9-20-13-10-11(15(18)19)7-8-12(13)14(16)17/h7-8,10H,2-6,9H2,1H3,(H,16,17). The summed E-state index contributed by atoms with van der Waals surface area (Å²) >= 11 is 0. The molecular weight excluding hydrogens is 262 g/mol. The van der Waals surface area contributed by atoms with E-state index in [1.54, 1.807) is 0 Å². The summed E-state index contributed by atoms with van der Waals surface area (Å²) in [6, 6.07) is 3.53. The molecule has 0 saturated heterocycles. The summed E-state index contributed by atoms with van der Waals surface area (Å²) in [5.41, 5.74) is -0.222. The van der Waals surface area contributed by atoms with E-state index in [1.807, 2.05) is 0 Å². The normalized spacial score (nSPS) is 10.2. The third-order valence-corrected chi connectivity index (χ3v) is 2.91. The van der Waals surface area contributed by atoms with Gasteiger partial charge in [-0.1, -0.05) is 32.6 Å². The Labute approximate surface area is 117 Å². The van der Waals surface area contributed by atoms with Gasteiger partial charge < -0.3 is 9.84 Å². The third-order valence-electron chi connectivity index (χ3n) is 2.91. The summed E-state index contributed by atoms with van der Waals surface area (Å²) < 4.78 is 5.38. The molecule has 0 unspecified atom stereocenters. The van der Waals surface area contributed by atoms with Crippen LogP contribution in [0.5, 0.6) is 5.75 Å². The largest absolute Gasteiger partial charge is 0.492 e. The summed E-state index contributed by atoms with van der Waals surface area (Å²) in [6.45, 7) is 2.49. The molecule has 0 aliphatic rings. The van der Waals surface area contributed by atoms with Crippen molar-refractivity contribution in [2.24, 2.45) is 0 Å². The first-order valence-electron chi connectivity index (χ1n) is 6.70. The predicted molar refractivity (Wildman–Crippen MR) is 74.3 cm³/mol. The van der Waals surface area contributed by atoms with E-state index in [-0.39, 0.29) is 17.0 Å². The number of hydrogen-bond donors (Lipinski definition) is 1. The van der Waals surface area contributed by atoms with Crippen LogP contribution >= 0.6 is 0 Å². The predicted octanol–water partition coefficient (Wildman–Crippen LogP) is 3.64. The molecule has 0 aliphatic heterocycles. The van der Waals surface area contributed by atoms with Crippen molar-refractivity contribution in [2.75, 3.05) is 6.61 Å². The number of nitro groups is 1. The van der Waals surface area contributed by atoms with Gasteiger partial charge in [0, 0.05) is 6.07 Å². The Bertz CT molecular complexity index is 473. The van der Waals surface area contributed by atoms with E-state index < -0.39 is 10.9 Å². The molecule has 1 N–H and O–H groups in total. The number of unbranched alkanes of at least 4 members (excludes halogenated alkanes) is 4. The lowest BCUT2D eigenvalue weighted by molar-refractivity contribution is -0.384. The van der Waals surface area contributed by atoms with Crippen molar-refractivity contribution in [3.63, 3.8) is 0 Å². The van der Waals surface area contributed by atoms with E-state index in [1.165, 1.54) is 6.07 Å². The molecule has 0 saturated carbocycles. The quantitative estimate of drug-likeness (QED) is 0.424. The number of hydrogen-bond acceptors (Lipinski definition) is 4. The molecule has 110 valence electrons. The van der Waals surface area contributed by atoms with Crippen LogP contribution in [0.15, 0.2) is 18.2 Å². The van der Waals surface area contributed by atoms with E-state index >= 15 is 0 Å². The number of aromatic carboxylic acids is 1. The minimum Gasteiger partial charge on any atom is -0.492 e. The van der Waals surface area contributed by atoms with E-state index in [2.05, 4.69) is 6.92 Å². The Morgan fingerprint density at radius 1 is 1.30 bits per heavy atom. The van der Waals surface area contributed by atoms with Crippen molar-refractivity contribution in [1.29, 1.82) is 0 Å². The Balaban J connectivity index is 2.63. The van der Waals surface area contributed by atoms with Gasteiger partial charge in [-0.05, 0) is 12.5 Å². The Kier molecular flexibility index (Phi) is 6.49. The molecule has 20 heavy (non-hydrogen) atoms. The average Bonchev–Trinajstić information content (AvgIpc) is 2.42. The number of nitrogens with zero attached hydrogens (tertiary/aromatic N) is 1. The van der Waals surface area contributed by atoms with Crippen LogP contribution in [-0.2, 0) is 0 Å². The van der Waals surface area contributed by atoms with E-state index in [0.717, 1.165) is 44.2 Å². The zero-order valence-corrected chi connectivity index (χ0v) is 11.5. The van der Waals surface area contributed by atoms with Crippen molar-refractivity contribution in [3.05, 3.63) is 33.9 Å². The maximum atomic E-state index is 11.0. The molecule has 0 spiro atoms. The summed E-state index contributed by atoms with van der Waals surface area (Å²) in [5.74, 6) is -1.09. The van der Waals surface area contributed by atoms with Crippen LogP contribution in [0.4, 0.5) is 5.69 Å². The molecule has 0 aliphatic carbocycles. The maximum Gasteiger partial charge on any atom is 0.339 e. The highest BCUT2D eigenvalue weighted by Crippen LogP contribution is 2.25. The lowest BCUT2D eigenvalue weighted by Crippen LogP contribution is -2.05. The third kappa shape index (κ3) is 4.87. The van der Waals surface area contributed by atoms with Gasteiger partial charge in [-0.3, -0.25) is 10.1 Å². The smallest absolute Gasteiger partial charge is 0.339 e. The fourth-order valence-electron chi connectivity index (χ4n) is 1.81. The van der Waals surface area contributed by atoms with Crippen molar-refractivity contribution in [1.82, 2.24) is 0 Å². The molecule has 1 rings (SSSR count). The van der Waals surface area contributed by atoms with Crippen LogP contribution in [0.2, 0.25) is 0 Å². The SMILES string of the molecule is CCCCCCCOc1cc([N+](=O)[O-])ccc1C(=O)O. The minimum absolute atomic E-state index is 0.0517. The lowest BCUT2D eigenvalue weighted by Gasteiger charge is -2.08. The number of nitro benzene ring substituents is 1. The van der Waals surface area contributed by atoms with E-state index in [0.29, 0.717) is 6.61 Å². The number of rotatable bonds is 9. The molecule has 0 bridgehead atoms. The number of carboxylic acids is 1. The van der Waals surface area contributed by atoms with Crippen molar-refractivity contribution >= 4 is 11.7 Å². The molecule has 1 aromatic carbocycles. The van der Waals surface area contributed by atoms with Gasteiger partial charge in [-0.2, -0.15) is 0 Å². The molecule has 0 fully saturated rings. The summed E-state index contributed by atoms with van der Waals surface area (Å²) in [6.07, 6.45) is 5.24. The van der Waals surface area contributed by atoms with Crippen LogP contribution in [0.25, 0.3) is 0 Å². The summed E-state index contributed by atoms with van der Waals surface area (Å²) in [7, 11) is 0. The van der Waals surface area contributed by atoms with Crippen molar-refractivity contribution < 1.29 is 19.6 Å². The zero-order chi connectivity index (χ0) is 15.0. The molecule has 1 aromatic rings. The van der Waals surface area contributed by atoms with Crippen molar-refractivity contribution in [3.8, 4) is 5.75 Å². The molecule has 6 nitrogen and oxygen atoms in total. The van der Waals surface area contributed by atoms with Crippen LogP contribution in [0, 0.1) is 10.1 Å². The van der Waals surface area contributed by atoms with Crippen LogP contribution < -0.4 is 4.74 Å². The highest BCUT2D eigenvalue weighted by molar-refractivity contribution is 5.91. The molecule has 0 amide bonds.